The molecule has 1 fully saturated rings. The van der Waals surface area contributed by atoms with E-state index in [1.165, 1.54) is 12.1 Å². The molecule has 0 bridgehead atoms. The summed E-state index contributed by atoms with van der Waals surface area (Å²) in [6.07, 6.45) is 1.59. The van der Waals surface area contributed by atoms with E-state index >= 15 is 0 Å². The number of nitro benzene ring substituents is 1. The summed E-state index contributed by atoms with van der Waals surface area (Å²) in [5, 5.41) is 11.8. The van der Waals surface area contributed by atoms with Crippen molar-refractivity contribution in [3.8, 4) is 0 Å². The molecule has 0 saturated carbocycles. The summed E-state index contributed by atoms with van der Waals surface area (Å²) >= 11 is 1.56. The summed E-state index contributed by atoms with van der Waals surface area (Å²) in [5.41, 5.74) is 0.857. The van der Waals surface area contributed by atoms with E-state index < -0.39 is 10.5 Å². The van der Waals surface area contributed by atoms with E-state index in [-0.39, 0.29) is 17.0 Å². The van der Waals surface area contributed by atoms with Crippen LogP contribution < -0.4 is 0 Å². The van der Waals surface area contributed by atoms with Gasteiger partial charge in [0.15, 0.2) is 5.16 Å². The Bertz CT molecular complexity index is 830. The minimum Gasteiger partial charge on any atom is -0.444 e. The number of thioether (sulfide) groups is 1. The van der Waals surface area contributed by atoms with Crippen LogP contribution in [0.4, 0.5) is 10.5 Å². The lowest BCUT2D eigenvalue weighted by Crippen LogP contribution is -2.43. The molecule has 140 valence electrons. The maximum absolute atomic E-state index is 12.3. The number of nitrogens with one attached hydrogen (secondary N) is 1. The molecule has 0 radical (unpaired) electrons. The number of rotatable bonds is 3. The molecule has 0 aliphatic carbocycles. The first-order valence-electron chi connectivity index (χ1n) is 8.50. The standard InChI is InChI=1S/C17H22N4O4S/c1-17(2,3)25-16(22)20-8-4-5-12(10-20)26-15-18-13-7-6-11(21(23)24)9-14(13)19-15/h6-7,9,12H,4-5,8,10H2,1-3H3,(H,18,19)/t12-/m1/s1. The number of amides is 1. The first kappa shape index (κ1) is 18.5. The molecular formula is C17H22N4O4S. The molecule has 2 aromatic rings. The highest BCUT2D eigenvalue weighted by molar-refractivity contribution is 7.99. The van der Waals surface area contributed by atoms with Gasteiger partial charge in [0, 0.05) is 30.5 Å². The normalized spacial score (nSPS) is 18.1. The molecule has 1 aromatic heterocycles. The molecule has 1 aromatic carbocycles. The predicted molar refractivity (Wildman–Crippen MR) is 99.4 cm³/mol. The molecule has 8 nitrogen and oxygen atoms in total. The highest BCUT2D eigenvalue weighted by atomic mass is 32.2. The Balaban J connectivity index is 1.67. The van der Waals surface area contributed by atoms with Crippen LogP contribution in [0.25, 0.3) is 11.0 Å². The van der Waals surface area contributed by atoms with Crippen LogP contribution in [0.1, 0.15) is 33.6 Å². The number of nitro groups is 1. The fourth-order valence-corrected chi connectivity index (χ4v) is 4.00. The Morgan fingerprint density at radius 1 is 1.46 bits per heavy atom. The third-order valence-electron chi connectivity index (χ3n) is 3.96. The lowest BCUT2D eigenvalue weighted by molar-refractivity contribution is -0.384. The highest BCUT2D eigenvalue weighted by Crippen LogP contribution is 2.30. The fourth-order valence-electron chi connectivity index (χ4n) is 2.83. The Morgan fingerprint density at radius 2 is 2.23 bits per heavy atom. The Kier molecular flexibility index (Phi) is 5.08. The van der Waals surface area contributed by atoms with E-state index in [0.717, 1.165) is 12.8 Å². The van der Waals surface area contributed by atoms with Crippen molar-refractivity contribution in [3.63, 3.8) is 0 Å². The summed E-state index contributed by atoms with van der Waals surface area (Å²) in [4.78, 5) is 32.1. The molecular weight excluding hydrogens is 356 g/mol. The minimum absolute atomic E-state index is 0.0338. The van der Waals surface area contributed by atoms with Crippen LogP contribution >= 0.6 is 11.8 Å². The van der Waals surface area contributed by atoms with Gasteiger partial charge in [-0.05, 0) is 39.7 Å². The second-order valence-corrected chi connectivity index (χ2v) is 8.60. The topological polar surface area (TPSA) is 101 Å². The zero-order chi connectivity index (χ0) is 18.9. The van der Waals surface area contributed by atoms with Gasteiger partial charge in [-0.1, -0.05) is 11.8 Å². The number of benzene rings is 1. The molecule has 1 N–H and O–H groups in total. The number of hydrogen-bond acceptors (Lipinski definition) is 6. The van der Waals surface area contributed by atoms with E-state index in [9.17, 15) is 14.9 Å². The molecule has 1 atom stereocenters. The molecule has 0 spiro atoms. The second-order valence-electron chi connectivity index (χ2n) is 7.31. The van der Waals surface area contributed by atoms with Crippen molar-refractivity contribution < 1.29 is 14.5 Å². The van der Waals surface area contributed by atoms with Gasteiger partial charge in [0.1, 0.15) is 5.60 Å². The Morgan fingerprint density at radius 3 is 2.92 bits per heavy atom. The Hall–Kier alpha value is -2.29. The van der Waals surface area contributed by atoms with Crippen LogP contribution in [0, 0.1) is 10.1 Å². The number of aromatic amines is 1. The van der Waals surface area contributed by atoms with Crippen LogP contribution in [0.5, 0.6) is 0 Å². The van der Waals surface area contributed by atoms with Crippen LogP contribution in [-0.4, -0.2) is 49.8 Å². The monoisotopic (exact) mass is 378 g/mol. The maximum atomic E-state index is 12.3. The molecule has 1 amide bonds. The molecule has 2 heterocycles. The third-order valence-corrected chi connectivity index (χ3v) is 5.10. The summed E-state index contributed by atoms with van der Waals surface area (Å²) < 4.78 is 5.45. The quantitative estimate of drug-likeness (QED) is 0.641. The van der Waals surface area contributed by atoms with Crippen LogP contribution in [0.3, 0.4) is 0 Å². The lowest BCUT2D eigenvalue weighted by Gasteiger charge is -2.33. The van der Waals surface area contributed by atoms with Gasteiger partial charge in [-0.25, -0.2) is 9.78 Å². The lowest BCUT2D eigenvalue weighted by atomic mass is 10.1. The number of aromatic nitrogens is 2. The zero-order valence-corrected chi connectivity index (χ0v) is 15.8. The number of nitrogens with zero attached hydrogens (tertiary/aromatic N) is 3. The van der Waals surface area contributed by atoms with Crippen LogP contribution in [0.2, 0.25) is 0 Å². The van der Waals surface area contributed by atoms with Crippen molar-refractivity contribution in [3.05, 3.63) is 28.3 Å². The molecule has 0 unspecified atom stereocenters. The molecule has 1 aliphatic rings. The van der Waals surface area contributed by atoms with Gasteiger partial charge >= 0.3 is 6.09 Å². The van der Waals surface area contributed by atoms with Crippen molar-refractivity contribution in [2.45, 2.75) is 49.6 Å². The molecule has 9 heteroatoms. The van der Waals surface area contributed by atoms with Crippen LogP contribution in [0.15, 0.2) is 23.4 Å². The van der Waals surface area contributed by atoms with Gasteiger partial charge in [-0.2, -0.15) is 0 Å². The average Bonchev–Trinajstić information content (AvgIpc) is 2.94. The SMILES string of the molecule is CC(C)(C)OC(=O)N1CCC[C@@H](Sc2nc3ccc([N+](=O)[O-])cc3[nH]2)C1. The summed E-state index contributed by atoms with van der Waals surface area (Å²) in [7, 11) is 0. The average molecular weight is 378 g/mol. The molecule has 3 rings (SSSR count). The number of ether oxygens (including phenoxy) is 1. The summed E-state index contributed by atoms with van der Waals surface area (Å²) in [6, 6.07) is 4.57. The van der Waals surface area contributed by atoms with Crippen molar-refractivity contribution in [2.24, 2.45) is 0 Å². The van der Waals surface area contributed by atoms with Gasteiger partial charge in [0.25, 0.3) is 5.69 Å². The number of piperidine rings is 1. The van der Waals surface area contributed by atoms with Gasteiger partial charge in [-0.3, -0.25) is 10.1 Å². The van der Waals surface area contributed by atoms with Gasteiger partial charge in [0.2, 0.25) is 0 Å². The molecule has 26 heavy (non-hydrogen) atoms. The fraction of sp³-hybridized carbons (Fsp3) is 0.529. The van der Waals surface area contributed by atoms with Crippen LogP contribution in [-0.2, 0) is 4.74 Å². The number of imidazole rings is 1. The van der Waals surface area contributed by atoms with Gasteiger partial charge in [0.05, 0.1) is 16.0 Å². The van der Waals surface area contributed by atoms with E-state index in [1.54, 1.807) is 22.7 Å². The first-order chi connectivity index (χ1) is 12.2. The summed E-state index contributed by atoms with van der Waals surface area (Å²) in [6.45, 7) is 6.85. The van der Waals surface area contributed by atoms with E-state index in [0.29, 0.717) is 29.3 Å². The number of H-pyrrole nitrogens is 1. The number of likely N-dealkylation sites (tertiary alicyclic amines) is 1. The molecule has 1 aliphatic heterocycles. The smallest absolute Gasteiger partial charge is 0.410 e. The van der Waals surface area contributed by atoms with Gasteiger partial charge < -0.3 is 14.6 Å². The van der Waals surface area contributed by atoms with E-state index in [1.807, 2.05) is 20.8 Å². The highest BCUT2D eigenvalue weighted by Gasteiger charge is 2.28. The van der Waals surface area contributed by atoms with Crippen molar-refractivity contribution >= 4 is 34.6 Å². The number of non-ortho nitro benzene ring substituents is 1. The maximum Gasteiger partial charge on any atom is 0.410 e. The van der Waals surface area contributed by atoms with E-state index in [2.05, 4.69) is 9.97 Å². The Labute approximate surface area is 155 Å². The number of carbonyl (C=O) groups excluding carboxylic acids is 1. The second kappa shape index (κ2) is 7.14. The summed E-state index contributed by atoms with van der Waals surface area (Å²) in [5.74, 6) is 0. The van der Waals surface area contributed by atoms with Crippen molar-refractivity contribution in [1.82, 2.24) is 14.9 Å². The molecule has 1 saturated heterocycles. The van der Waals surface area contributed by atoms with Crippen molar-refractivity contribution in [1.29, 1.82) is 0 Å². The third kappa shape index (κ3) is 4.46. The van der Waals surface area contributed by atoms with E-state index in [4.69, 9.17) is 4.74 Å². The zero-order valence-electron chi connectivity index (χ0n) is 15.0. The number of carbonyl (C=O) groups is 1. The minimum atomic E-state index is -0.509. The number of hydrogen-bond donors (Lipinski definition) is 1. The predicted octanol–water partition coefficient (Wildman–Crippen LogP) is 3.96. The largest absolute Gasteiger partial charge is 0.444 e. The first-order valence-corrected chi connectivity index (χ1v) is 9.38. The van der Waals surface area contributed by atoms with Crippen molar-refractivity contribution in [2.75, 3.05) is 13.1 Å². The van der Waals surface area contributed by atoms with Gasteiger partial charge in [-0.15, -0.1) is 0 Å². The number of fused-ring (bicyclic) bond motifs is 1.